The van der Waals surface area contributed by atoms with Gasteiger partial charge in [-0.15, -0.1) is 0 Å². The number of fused-ring (bicyclic) bond motifs is 1. The number of nitrogens with one attached hydrogen (secondary N) is 1. The average Bonchev–Trinajstić information content (AvgIpc) is 3.24. The van der Waals surface area contributed by atoms with E-state index in [4.69, 9.17) is 16.3 Å². The van der Waals surface area contributed by atoms with Crippen LogP contribution in [0.4, 0.5) is 10.5 Å². The minimum absolute atomic E-state index is 0.0844. The second-order valence-corrected chi connectivity index (χ2v) is 6.54. The molecule has 0 spiro atoms. The molecule has 1 N–H and O–H groups in total. The molecule has 1 unspecified atom stereocenters. The number of carbonyl (C=O) groups is 1. The van der Waals surface area contributed by atoms with Gasteiger partial charge in [0, 0.05) is 35.9 Å². The molecule has 3 heterocycles. The van der Waals surface area contributed by atoms with Gasteiger partial charge in [-0.1, -0.05) is 11.6 Å². The van der Waals surface area contributed by atoms with Crippen molar-refractivity contribution in [1.82, 2.24) is 9.88 Å². The Kier molecular flexibility index (Phi) is 4.02. The fourth-order valence-corrected chi connectivity index (χ4v) is 3.73. The van der Waals surface area contributed by atoms with Gasteiger partial charge in [0.05, 0.1) is 18.3 Å². The Hall–Kier alpha value is -2.27. The van der Waals surface area contributed by atoms with Crippen molar-refractivity contribution in [3.8, 4) is 5.75 Å². The maximum absolute atomic E-state index is 12.8. The van der Waals surface area contributed by atoms with Gasteiger partial charge in [-0.25, -0.2) is 4.79 Å². The fourth-order valence-electron chi connectivity index (χ4n) is 3.49. The number of halogens is 1. The molecular weight excluding hydrogens is 326 g/mol. The molecule has 1 aromatic heterocycles. The third-order valence-electron chi connectivity index (χ3n) is 4.59. The molecule has 4 rings (SSSR count). The van der Waals surface area contributed by atoms with E-state index >= 15 is 0 Å². The number of likely N-dealkylation sites (tertiary alicyclic amines) is 1. The summed E-state index contributed by atoms with van der Waals surface area (Å²) in [4.78, 5) is 18.7. The number of aromatic nitrogens is 1. The predicted octanol–water partition coefficient (Wildman–Crippen LogP) is 4.04. The zero-order valence-electron chi connectivity index (χ0n) is 13.2. The summed E-state index contributed by atoms with van der Waals surface area (Å²) in [5, 5.41) is 3.60. The number of urea groups is 1. The third-order valence-corrected chi connectivity index (χ3v) is 4.81. The molecule has 0 aliphatic carbocycles. The molecule has 1 aromatic carbocycles. The molecule has 0 bridgehead atoms. The van der Waals surface area contributed by atoms with Crippen LogP contribution >= 0.6 is 11.6 Å². The van der Waals surface area contributed by atoms with E-state index in [2.05, 4.69) is 10.3 Å². The van der Waals surface area contributed by atoms with Crippen LogP contribution in [0.2, 0.25) is 5.02 Å². The smallest absolute Gasteiger partial charge is 0.322 e. The normalized spacial score (nSPS) is 19.0. The highest BCUT2D eigenvalue weighted by atomic mass is 35.5. The largest absolute Gasteiger partial charge is 0.491 e. The van der Waals surface area contributed by atoms with Crippen molar-refractivity contribution < 1.29 is 9.53 Å². The SMILES string of the molecule is O=C(Nc1cc(Cl)cc2c1OCC2)N1CCCC1c1ccncc1. The lowest BCUT2D eigenvalue weighted by Crippen LogP contribution is -2.34. The first-order chi connectivity index (χ1) is 11.7. The molecule has 2 aliphatic heterocycles. The highest BCUT2D eigenvalue weighted by Gasteiger charge is 2.31. The number of benzene rings is 1. The molecule has 0 saturated carbocycles. The van der Waals surface area contributed by atoms with Crippen LogP contribution in [0.15, 0.2) is 36.7 Å². The molecule has 5 nitrogen and oxygen atoms in total. The van der Waals surface area contributed by atoms with Crippen LogP contribution in [0.3, 0.4) is 0 Å². The third kappa shape index (κ3) is 2.80. The molecule has 1 atom stereocenters. The van der Waals surface area contributed by atoms with E-state index in [0.717, 1.165) is 42.7 Å². The molecule has 0 radical (unpaired) electrons. The number of carbonyl (C=O) groups excluding carboxylic acids is 1. The van der Waals surface area contributed by atoms with E-state index in [1.807, 2.05) is 23.1 Å². The van der Waals surface area contributed by atoms with Crippen molar-refractivity contribution in [3.05, 3.63) is 52.8 Å². The topological polar surface area (TPSA) is 54.5 Å². The first-order valence-corrected chi connectivity index (χ1v) is 8.53. The molecule has 6 heteroatoms. The van der Waals surface area contributed by atoms with Gasteiger partial charge in [-0.2, -0.15) is 0 Å². The number of rotatable bonds is 2. The van der Waals surface area contributed by atoms with Crippen LogP contribution in [-0.2, 0) is 6.42 Å². The number of anilines is 1. The van der Waals surface area contributed by atoms with Gasteiger partial charge in [0.15, 0.2) is 0 Å². The number of pyridine rings is 1. The Bertz CT molecular complexity index is 766. The molecule has 24 heavy (non-hydrogen) atoms. The van der Waals surface area contributed by atoms with Gasteiger partial charge in [0.25, 0.3) is 0 Å². The predicted molar refractivity (Wildman–Crippen MR) is 92.6 cm³/mol. The van der Waals surface area contributed by atoms with Crippen molar-refractivity contribution in [2.24, 2.45) is 0 Å². The zero-order chi connectivity index (χ0) is 16.5. The molecule has 124 valence electrons. The molecule has 1 fully saturated rings. The van der Waals surface area contributed by atoms with Gasteiger partial charge < -0.3 is 15.0 Å². The van der Waals surface area contributed by atoms with Gasteiger partial charge in [-0.3, -0.25) is 4.98 Å². The van der Waals surface area contributed by atoms with Crippen LogP contribution in [0, 0.1) is 0 Å². The summed E-state index contributed by atoms with van der Waals surface area (Å²) < 4.78 is 5.66. The number of hydrogen-bond donors (Lipinski definition) is 1. The van der Waals surface area contributed by atoms with Gasteiger partial charge in [0.2, 0.25) is 0 Å². The van der Waals surface area contributed by atoms with Crippen LogP contribution in [-0.4, -0.2) is 29.1 Å². The van der Waals surface area contributed by atoms with Gasteiger partial charge in [-0.05, 0) is 42.7 Å². The van der Waals surface area contributed by atoms with Crippen LogP contribution < -0.4 is 10.1 Å². The van der Waals surface area contributed by atoms with Crippen molar-refractivity contribution >= 4 is 23.3 Å². The molecule has 2 amide bonds. The first kappa shape index (κ1) is 15.3. The monoisotopic (exact) mass is 343 g/mol. The van der Waals surface area contributed by atoms with Crippen molar-refractivity contribution in [1.29, 1.82) is 0 Å². The Balaban J connectivity index is 1.56. The van der Waals surface area contributed by atoms with Crippen LogP contribution in [0.1, 0.15) is 30.0 Å². The summed E-state index contributed by atoms with van der Waals surface area (Å²) in [6.07, 6.45) is 6.30. The summed E-state index contributed by atoms with van der Waals surface area (Å²) in [7, 11) is 0. The van der Waals surface area contributed by atoms with Crippen LogP contribution in [0.25, 0.3) is 0 Å². The number of ether oxygens (including phenoxy) is 1. The lowest BCUT2D eigenvalue weighted by atomic mass is 10.1. The summed E-state index contributed by atoms with van der Waals surface area (Å²) in [5.41, 5.74) is 2.82. The van der Waals surface area contributed by atoms with Crippen molar-refractivity contribution in [2.75, 3.05) is 18.5 Å². The van der Waals surface area contributed by atoms with Crippen molar-refractivity contribution in [2.45, 2.75) is 25.3 Å². The van der Waals surface area contributed by atoms with Gasteiger partial charge >= 0.3 is 6.03 Å². The van der Waals surface area contributed by atoms with Gasteiger partial charge in [0.1, 0.15) is 5.75 Å². The lowest BCUT2D eigenvalue weighted by molar-refractivity contribution is 0.207. The molecule has 2 aliphatic rings. The second kappa shape index (κ2) is 6.32. The highest BCUT2D eigenvalue weighted by Crippen LogP contribution is 2.38. The summed E-state index contributed by atoms with van der Waals surface area (Å²) in [6.45, 7) is 1.37. The van der Waals surface area contributed by atoms with E-state index in [9.17, 15) is 4.79 Å². The first-order valence-electron chi connectivity index (χ1n) is 8.15. The van der Waals surface area contributed by atoms with E-state index in [1.54, 1.807) is 18.5 Å². The Labute approximate surface area is 145 Å². The lowest BCUT2D eigenvalue weighted by Gasteiger charge is -2.25. The van der Waals surface area contributed by atoms with E-state index in [1.165, 1.54) is 0 Å². The van der Waals surface area contributed by atoms with E-state index in [-0.39, 0.29) is 12.1 Å². The van der Waals surface area contributed by atoms with Crippen molar-refractivity contribution in [3.63, 3.8) is 0 Å². The fraction of sp³-hybridized carbons (Fsp3) is 0.333. The molecular formula is C18H18ClN3O2. The molecule has 1 saturated heterocycles. The average molecular weight is 344 g/mol. The second-order valence-electron chi connectivity index (χ2n) is 6.10. The Morgan fingerprint density at radius 2 is 2.17 bits per heavy atom. The Morgan fingerprint density at radius 1 is 1.33 bits per heavy atom. The minimum atomic E-state index is -0.116. The molecule has 2 aromatic rings. The Morgan fingerprint density at radius 3 is 3.00 bits per heavy atom. The summed E-state index contributed by atoms with van der Waals surface area (Å²) in [5.74, 6) is 0.743. The number of nitrogens with zero attached hydrogens (tertiary/aromatic N) is 2. The standard InChI is InChI=1S/C18H18ClN3O2/c19-14-10-13-5-9-24-17(13)15(11-14)21-18(23)22-8-1-2-16(22)12-3-6-20-7-4-12/h3-4,6-7,10-11,16H,1-2,5,8-9H2,(H,21,23). The highest BCUT2D eigenvalue weighted by molar-refractivity contribution is 6.31. The maximum atomic E-state index is 12.8. The quantitative estimate of drug-likeness (QED) is 0.895. The maximum Gasteiger partial charge on any atom is 0.322 e. The van der Waals surface area contributed by atoms with Crippen LogP contribution in [0.5, 0.6) is 5.75 Å². The van der Waals surface area contributed by atoms with E-state index < -0.39 is 0 Å². The zero-order valence-corrected chi connectivity index (χ0v) is 13.9. The van der Waals surface area contributed by atoms with E-state index in [0.29, 0.717) is 17.3 Å². The minimum Gasteiger partial charge on any atom is -0.491 e. The number of amides is 2. The number of hydrogen-bond acceptors (Lipinski definition) is 3. The summed E-state index contributed by atoms with van der Waals surface area (Å²) in [6, 6.07) is 7.55. The summed E-state index contributed by atoms with van der Waals surface area (Å²) >= 11 is 6.17.